The average molecular weight is 165 g/mol. The van der Waals surface area contributed by atoms with Crippen molar-refractivity contribution in [2.45, 2.75) is 35.9 Å². The topological polar surface area (TPSA) is 0 Å². The van der Waals surface area contributed by atoms with Crippen LogP contribution in [0.1, 0.15) is 25.7 Å². The van der Waals surface area contributed by atoms with Gasteiger partial charge < -0.3 is 0 Å². The van der Waals surface area contributed by atoms with Crippen LogP contribution in [0.3, 0.4) is 0 Å². The first kappa shape index (κ1) is 6.30. The van der Waals surface area contributed by atoms with Crippen LogP contribution >= 0.6 is 23.2 Å². The van der Waals surface area contributed by atoms with Gasteiger partial charge in [-0.1, -0.05) is 0 Å². The van der Waals surface area contributed by atoms with E-state index in [2.05, 4.69) is 0 Å². The molecule has 2 fully saturated rings. The summed E-state index contributed by atoms with van der Waals surface area (Å²) in [6.45, 7) is 0. The van der Waals surface area contributed by atoms with Gasteiger partial charge in [0.05, 0.1) is 0 Å². The summed E-state index contributed by atoms with van der Waals surface area (Å²) >= 11 is 12.2. The first-order chi connectivity index (χ1) is 4.20. The third kappa shape index (κ3) is 0.877. The van der Waals surface area contributed by atoms with Crippen LogP contribution in [-0.2, 0) is 0 Å². The number of rotatable bonds is 0. The number of hydrogen-bond acceptors (Lipinski definition) is 0. The predicted molar refractivity (Wildman–Crippen MR) is 40.2 cm³/mol. The summed E-state index contributed by atoms with van der Waals surface area (Å²) in [6, 6.07) is 0. The lowest BCUT2D eigenvalue weighted by Gasteiger charge is -2.19. The van der Waals surface area contributed by atoms with E-state index in [0.717, 1.165) is 12.3 Å². The summed E-state index contributed by atoms with van der Waals surface area (Å²) in [6.07, 6.45) is 4.67. The van der Waals surface area contributed by atoms with Crippen molar-refractivity contribution >= 4 is 23.2 Å². The minimum Gasteiger partial charge on any atom is -0.123 e. The number of alkyl halides is 2. The molecule has 0 aliphatic heterocycles. The molecule has 52 valence electrons. The lowest BCUT2D eigenvalue weighted by atomic mass is 10.00. The Balaban J connectivity index is 2.19. The van der Waals surface area contributed by atoms with Crippen molar-refractivity contribution in [3.05, 3.63) is 0 Å². The summed E-state index contributed by atoms with van der Waals surface area (Å²) in [5.74, 6) is 0.740. The Kier molecular flexibility index (Phi) is 1.26. The Morgan fingerprint density at radius 2 is 2.11 bits per heavy atom. The van der Waals surface area contributed by atoms with Crippen molar-refractivity contribution in [3.63, 3.8) is 0 Å². The van der Waals surface area contributed by atoms with Gasteiger partial charge in [0.1, 0.15) is 0 Å². The van der Waals surface area contributed by atoms with Crippen LogP contribution in [-0.4, -0.2) is 10.3 Å². The van der Waals surface area contributed by atoms with Crippen molar-refractivity contribution in [2.75, 3.05) is 0 Å². The van der Waals surface area contributed by atoms with Crippen molar-refractivity contribution in [1.29, 1.82) is 0 Å². The Morgan fingerprint density at radius 3 is 2.33 bits per heavy atom. The quantitative estimate of drug-likeness (QED) is 0.484. The van der Waals surface area contributed by atoms with Gasteiger partial charge in [-0.25, -0.2) is 0 Å². The van der Waals surface area contributed by atoms with Crippen LogP contribution in [0.15, 0.2) is 0 Å². The second-order valence-corrected chi connectivity index (χ2v) is 4.74. The molecule has 0 unspecified atom stereocenters. The van der Waals surface area contributed by atoms with E-state index in [9.17, 15) is 0 Å². The van der Waals surface area contributed by atoms with Crippen molar-refractivity contribution in [2.24, 2.45) is 5.92 Å². The molecule has 0 aromatic rings. The van der Waals surface area contributed by atoms with Gasteiger partial charge in [-0.15, -0.1) is 23.2 Å². The molecule has 0 heterocycles. The van der Waals surface area contributed by atoms with Gasteiger partial charge >= 0.3 is 0 Å². The van der Waals surface area contributed by atoms with Gasteiger partial charge in [0.25, 0.3) is 0 Å². The maximum absolute atomic E-state index is 6.21. The van der Waals surface area contributed by atoms with Gasteiger partial charge in [-0.2, -0.15) is 0 Å². The minimum absolute atomic E-state index is 0.122. The highest BCUT2D eigenvalue weighted by molar-refractivity contribution is 6.27. The SMILES string of the molecule is Cl[C@H]1C[C@]2(Cl)CC[C@H]1C2. The summed E-state index contributed by atoms with van der Waals surface area (Å²) in [5.41, 5.74) is 0. The molecule has 0 N–H and O–H groups in total. The molecule has 0 amide bonds. The molecule has 2 rings (SSSR count). The molecule has 2 aliphatic rings. The molecule has 0 radical (unpaired) electrons. The van der Waals surface area contributed by atoms with E-state index >= 15 is 0 Å². The summed E-state index contributed by atoms with van der Waals surface area (Å²) in [5, 5.41) is 0.385. The van der Waals surface area contributed by atoms with Gasteiger partial charge in [0, 0.05) is 10.3 Å². The standard InChI is InChI=1S/C7H10Cl2/c8-6-4-7(9)2-1-5(6)3-7/h5-6H,1-4H2/t5-,6-,7-/m0/s1. The molecular weight excluding hydrogens is 155 g/mol. The summed E-state index contributed by atoms with van der Waals surface area (Å²) in [4.78, 5) is 0.122. The fourth-order valence-electron chi connectivity index (χ4n) is 2.13. The molecule has 2 heteroatoms. The second kappa shape index (κ2) is 1.79. The molecule has 0 nitrogen and oxygen atoms in total. The summed E-state index contributed by atoms with van der Waals surface area (Å²) < 4.78 is 0. The van der Waals surface area contributed by atoms with Crippen LogP contribution in [0.2, 0.25) is 0 Å². The Morgan fingerprint density at radius 1 is 1.33 bits per heavy atom. The van der Waals surface area contributed by atoms with Crippen LogP contribution < -0.4 is 0 Å². The van der Waals surface area contributed by atoms with E-state index in [1.54, 1.807) is 0 Å². The lowest BCUT2D eigenvalue weighted by Crippen LogP contribution is -2.17. The molecular formula is C7H10Cl2. The average Bonchev–Trinajstić information content (AvgIpc) is 2.20. The zero-order chi connectivity index (χ0) is 6.48. The summed E-state index contributed by atoms with van der Waals surface area (Å²) in [7, 11) is 0. The number of halogens is 2. The molecule has 2 saturated carbocycles. The Bertz CT molecular complexity index is 131. The van der Waals surface area contributed by atoms with E-state index in [1.807, 2.05) is 0 Å². The Labute approximate surface area is 65.5 Å². The van der Waals surface area contributed by atoms with E-state index in [0.29, 0.717) is 5.38 Å². The van der Waals surface area contributed by atoms with E-state index in [-0.39, 0.29) is 4.87 Å². The minimum atomic E-state index is 0.122. The third-order valence-corrected chi connectivity index (χ3v) is 3.67. The van der Waals surface area contributed by atoms with Gasteiger partial charge in [0.2, 0.25) is 0 Å². The normalized spacial score (nSPS) is 56.7. The van der Waals surface area contributed by atoms with Gasteiger partial charge in [0.15, 0.2) is 0 Å². The van der Waals surface area contributed by atoms with Crippen molar-refractivity contribution in [3.8, 4) is 0 Å². The molecule has 0 spiro atoms. The maximum atomic E-state index is 6.21. The van der Waals surface area contributed by atoms with E-state index in [4.69, 9.17) is 23.2 Å². The zero-order valence-electron chi connectivity index (χ0n) is 5.24. The van der Waals surface area contributed by atoms with Crippen LogP contribution in [0, 0.1) is 5.92 Å². The molecule has 3 atom stereocenters. The molecule has 0 saturated heterocycles. The van der Waals surface area contributed by atoms with E-state index < -0.39 is 0 Å². The fraction of sp³-hybridized carbons (Fsp3) is 1.00. The van der Waals surface area contributed by atoms with Crippen LogP contribution in [0.5, 0.6) is 0 Å². The zero-order valence-corrected chi connectivity index (χ0v) is 6.75. The van der Waals surface area contributed by atoms with Gasteiger partial charge in [-0.05, 0) is 31.6 Å². The van der Waals surface area contributed by atoms with Gasteiger partial charge in [-0.3, -0.25) is 0 Å². The first-order valence-electron chi connectivity index (χ1n) is 3.53. The van der Waals surface area contributed by atoms with Crippen LogP contribution in [0.4, 0.5) is 0 Å². The Hall–Kier alpha value is 0.580. The smallest absolute Gasteiger partial charge is 0.0464 e. The largest absolute Gasteiger partial charge is 0.123 e. The highest BCUT2D eigenvalue weighted by Crippen LogP contribution is 2.53. The molecule has 9 heavy (non-hydrogen) atoms. The third-order valence-electron chi connectivity index (χ3n) is 2.66. The number of hydrogen-bond donors (Lipinski definition) is 0. The van der Waals surface area contributed by atoms with Crippen LogP contribution in [0.25, 0.3) is 0 Å². The molecule has 2 bridgehead atoms. The highest BCUT2D eigenvalue weighted by Gasteiger charge is 2.48. The van der Waals surface area contributed by atoms with Crippen molar-refractivity contribution in [1.82, 2.24) is 0 Å². The predicted octanol–water partition coefficient (Wildman–Crippen LogP) is 2.78. The number of fused-ring (bicyclic) bond motifs is 2. The van der Waals surface area contributed by atoms with E-state index in [1.165, 1.54) is 19.3 Å². The molecule has 0 aromatic heterocycles. The second-order valence-electron chi connectivity index (χ2n) is 3.37. The highest BCUT2D eigenvalue weighted by atomic mass is 35.5. The van der Waals surface area contributed by atoms with Crippen molar-refractivity contribution < 1.29 is 0 Å². The molecule has 2 aliphatic carbocycles. The lowest BCUT2D eigenvalue weighted by molar-refractivity contribution is 0.503. The first-order valence-corrected chi connectivity index (χ1v) is 4.34. The molecule has 0 aromatic carbocycles. The fourth-order valence-corrected chi connectivity index (χ4v) is 3.19. The monoisotopic (exact) mass is 164 g/mol. The maximum Gasteiger partial charge on any atom is 0.0464 e.